The average Bonchev–Trinajstić information content (AvgIpc) is 3.45. The number of carbonyl (C=O) groups is 1. The van der Waals surface area contributed by atoms with Gasteiger partial charge in [-0.05, 0) is 70.4 Å². The topological polar surface area (TPSA) is 127 Å². The molecular weight excluding hydrogens is 627 g/mol. The fourth-order valence-corrected chi connectivity index (χ4v) is 6.28. The fraction of sp³-hybridized carbons (Fsp3) is 0.382. The molecule has 1 aromatic carbocycles. The van der Waals surface area contributed by atoms with Crippen molar-refractivity contribution in [2.24, 2.45) is 0 Å². The van der Waals surface area contributed by atoms with E-state index in [2.05, 4.69) is 9.97 Å². The lowest BCUT2D eigenvalue weighted by molar-refractivity contribution is 0.0218. The number of fused-ring (bicyclic) bond motifs is 2. The van der Waals surface area contributed by atoms with E-state index in [-0.39, 0.29) is 39.5 Å². The number of ether oxygens (including phenoxy) is 1. The van der Waals surface area contributed by atoms with Gasteiger partial charge in [-0.3, -0.25) is 4.98 Å². The van der Waals surface area contributed by atoms with Gasteiger partial charge in [-0.2, -0.15) is 4.98 Å². The van der Waals surface area contributed by atoms with Crippen molar-refractivity contribution in [3.05, 3.63) is 69.3 Å². The molecule has 246 valence electrons. The third kappa shape index (κ3) is 5.75. The summed E-state index contributed by atoms with van der Waals surface area (Å²) in [6.07, 6.45) is 2.64. The van der Waals surface area contributed by atoms with Gasteiger partial charge in [0.15, 0.2) is 17.2 Å². The van der Waals surface area contributed by atoms with Crippen LogP contribution in [-0.4, -0.2) is 66.9 Å². The van der Waals surface area contributed by atoms with Crippen molar-refractivity contribution in [2.45, 2.75) is 66.0 Å². The Morgan fingerprint density at radius 3 is 2.62 bits per heavy atom. The molecule has 0 saturated carbocycles. The predicted octanol–water partition coefficient (Wildman–Crippen LogP) is 6.96. The summed E-state index contributed by atoms with van der Waals surface area (Å²) in [5, 5.41) is 11.4. The smallest absolute Gasteiger partial charge is 0.410 e. The lowest BCUT2D eigenvalue weighted by Gasteiger charge is -2.41. The summed E-state index contributed by atoms with van der Waals surface area (Å²) >= 11 is 6.89. The van der Waals surface area contributed by atoms with Crippen LogP contribution in [0.1, 0.15) is 58.7 Å². The number of phenolic OH excluding ortho intramolecular Hbond substituents is 1. The molecule has 1 atom stereocenters. The molecule has 5 aromatic rings. The number of pyridine rings is 2. The molecule has 6 rings (SSSR count). The molecule has 1 amide bonds. The molecule has 1 saturated heterocycles. The highest BCUT2D eigenvalue weighted by molar-refractivity contribution is 6.34. The molecule has 0 spiro atoms. The summed E-state index contributed by atoms with van der Waals surface area (Å²) in [5.41, 5.74) is 0.816. The first-order chi connectivity index (χ1) is 22.2. The van der Waals surface area contributed by atoms with Gasteiger partial charge in [-0.25, -0.2) is 23.5 Å². The van der Waals surface area contributed by atoms with Crippen molar-refractivity contribution >= 4 is 45.5 Å². The average molecular weight is 663 g/mol. The van der Waals surface area contributed by atoms with E-state index in [0.29, 0.717) is 47.6 Å². The molecule has 0 unspecified atom stereocenters. The van der Waals surface area contributed by atoms with E-state index in [9.17, 15) is 14.7 Å². The van der Waals surface area contributed by atoms with Crippen molar-refractivity contribution in [3.8, 4) is 22.7 Å². The van der Waals surface area contributed by atoms with E-state index < -0.39 is 29.0 Å². The molecular formula is C34H36ClFN6O5. The van der Waals surface area contributed by atoms with Crippen molar-refractivity contribution in [2.75, 3.05) is 24.5 Å². The quantitative estimate of drug-likeness (QED) is 0.217. The van der Waals surface area contributed by atoms with Gasteiger partial charge in [-0.1, -0.05) is 25.4 Å². The second-order valence-corrected chi connectivity index (χ2v) is 13.6. The highest BCUT2D eigenvalue weighted by Gasteiger charge is 2.33. The van der Waals surface area contributed by atoms with Crippen LogP contribution in [0.5, 0.6) is 5.75 Å². The van der Waals surface area contributed by atoms with Crippen LogP contribution in [0, 0.1) is 12.7 Å². The zero-order valence-electron chi connectivity index (χ0n) is 27.3. The Labute approximate surface area is 275 Å². The van der Waals surface area contributed by atoms with Gasteiger partial charge >= 0.3 is 11.8 Å². The number of halogens is 2. The van der Waals surface area contributed by atoms with Crippen LogP contribution in [-0.2, 0) is 4.74 Å². The number of aromatic hydroxyl groups is 1. The van der Waals surface area contributed by atoms with Crippen molar-refractivity contribution in [1.82, 2.24) is 24.4 Å². The van der Waals surface area contributed by atoms with Gasteiger partial charge in [0.05, 0.1) is 39.3 Å². The van der Waals surface area contributed by atoms with Crippen LogP contribution in [0.2, 0.25) is 5.02 Å². The molecule has 1 aliphatic heterocycles. The van der Waals surface area contributed by atoms with Gasteiger partial charge in [0.25, 0.3) is 0 Å². The number of nitrogens with zero attached hydrogens (tertiary/aromatic N) is 6. The number of furan rings is 1. The van der Waals surface area contributed by atoms with Gasteiger partial charge < -0.3 is 24.1 Å². The SMILES string of the molecule is Cc1ccnc(C(C)C)c1-n1c(=O)nc(N2CCN(C(=O)OC(C)(C)C)C[C@@H]2C)c2cc(Cl)c(-c3c(F)c(O)cc4ccoc34)nc21. The number of rotatable bonds is 4. The lowest BCUT2D eigenvalue weighted by Crippen LogP contribution is -2.55. The number of phenols is 1. The van der Waals surface area contributed by atoms with Crippen LogP contribution in [0.15, 0.2) is 45.9 Å². The maximum absolute atomic E-state index is 15.7. The molecule has 0 aliphatic carbocycles. The third-order valence-corrected chi connectivity index (χ3v) is 8.46. The van der Waals surface area contributed by atoms with Crippen molar-refractivity contribution in [1.29, 1.82) is 0 Å². The standard InChI is InChI=1S/C34H36ClFN6O5/c1-17(2)26-28(18(3)8-10-37-26)42-31-21(15-22(35)27(38-31)24-25(36)23(43)14-20-9-13-46-29(20)24)30(39-32(42)44)41-12-11-40(16-19(41)4)33(45)47-34(5,6)7/h8-10,13-15,17,19,43H,11-12,16H2,1-7H3/t19-/m0/s1. The number of amides is 1. The summed E-state index contributed by atoms with van der Waals surface area (Å²) < 4.78 is 28.3. The Morgan fingerprint density at radius 2 is 1.94 bits per heavy atom. The van der Waals surface area contributed by atoms with E-state index in [1.54, 1.807) is 29.3 Å². The number of benzene rings is 1. The highest BCUT2D eigenvalue weighted by atomic mass is 35.5. The number of anilines is 1. The van der Waals surface area contributed by atoms with Crippen LogP contribution in [0.3, 0.4) is 0 Å². The molecule has 5 heterocycles. The van der Waals surface area contributed by atoms with E-state index in [0.717, 1.165) is 5.56 Å². The van der Waals surface area contributed by atoms with Gasteiger partial charge in [-0.15, -0.1) is 0 Å². The molecule has 1 aliphatic rings. The van der Waals surface area contributed by atoms with Crippen LogP contribution >= 0.6 is 11.6 Å². The summed E-state index contributed by atoms with van der Waals surface area (Å²) in [4.78, 5) is 44.6. The Balaban J connectivity index is 1.60. The number of hydrogen-bond donors (Lipinski definition) is 1. The monoisotopic (exact) mass is 662 g/mol. The normalized spacial score (nSPS) is 15.7. The second kappa shape index (κ2) is 11.8. The van der Waals surface area contributed by atoms with Crippen LogP contribution < -0.4 is 10.6 Å². The number of aryl methyl sites for hydroxylation is 1. The van der Waals surface area contributed by atoms with E-state index >= 15 is 4.39 Å². The highest BCUT2D eigenvalue weighted by Crippen LogP contribution is 2.41. The minimum Gasteiger partial charge on any atom is -0.505 e. The molecule has 4 aromatic heterocycles. The molecule has 1 fully saturated rings. The summed E-state index contributed by atoms with van der Waals surface area (Å²) in [7, 11) is 0. The molecule has 47 heavy (non-hydrogen) atoms. The largest absolute Gasteiger partial charge is 0.505 e. The molecule has 1 N–H and O–H groups in total. The van der Waals surface area contributed by atoms with Gasteiger partial charge in [0, 0.05) is 37.3 Å². The Kier molecular flexibility index (Phi) is 8.11. The Hall–Kier alpha value is -4.71. The first-order valence-corrected chi connectivity index (χ1v) is 15.8. The second-order valence-electron chi connectivity index (χ2n) is 13.2. The maximum atomic E-state index is 15.7. The molecule has 0 bridgehead atoms. The number of carbonyl (C=O) groups excluding carboxylic acids is 1. The molecule has 13 heteroatoms. The van der Waals surface area contributed by atoms with Crippen molar-refractivity contribution in [3.63, 3.8) is 0 Å². The summed E-state index contributed by atoms with van der Waals surface area (Å²) in [5.74, 6) is -1.30. The maximum Gasteiger partial charge on any atom is 0.410 e. The summed E-state index contributed by atoms with van der Waals surface area (Å²) in [6.45, 7) is 14.2. The lowest BCUT2D eigenvalue weighted by atomic mass is 10.0. The number of piperazine rings is 1. The number of hydrogen-bond acceptors (Lipinski definition) is 9. The summed E-state index contributed by atoms with van der Waals surface area (Å²) in [6, 6.07) is 5.99. The Morgan fingerprint density at radius 1 is 1.19 bits per heavy atom. The number of aromatic nitrogens is 4. The fourth-order valence-electron chi connectivity index (χ4n) is 6.04. The first-order valence-electron chi connectivity index (χ1n) is 15.4. The van der Waals surface area contributed by atoms with E-state index in [4.69, 9.17) is 25.7 Å². The first kappa shape index (κ1) is 32.2. The van der Waals surface area contributed by atoms with Gasteiger partial charge in [0.1, 0.15) is 17.0 Å². The predicted molar refractivity (Wildman–Crippen MR) is 178 cm³/mol. The minimum absolute atomic E-state index is 0.0201. The third-order valence-electron chi connectivity index (χ3n) is 8.17. The van der Waals surface area contributed by atoms with E-state index in [1.807, 2.05) is 53.4 Å². The van der Waals surface area contributed by atoms with Gasteiger partial charge in [0.2, 0.25) is 0 Å². The molecule has 0 radical (unpaired) electrons. The zero-order chi connectivity index (χ0) is 33.9. The Bertz CT molecular complexity index is 2100. The minimum atomic E-state index is -0.961. The zero-order valence-corrected chi connectivity index (χ0v) is 28.0. The van der Waals surface area contributed by atoms with E-state index in [1.165, 1.54) is 16.9 Å². The van der Waals surface area contributed by atoms with Crippen LogP contribution in [0.25, 0.3) is 38.9 Å². The molecule has 11 nitrogen and oxygen atoms in total. The van der Waals surface area contributed by atoms with Crippen molar-refractivity contribution < 1.29 is 23.4 Å². The van der Waals surface area contributed by atoms with Crippen LogP contribution in [0.4, 0.5) is 15.0 Å².